The minimum absolute atomic E-state index is 0.129. The fourth-order valence-electron chi connectivity index (χ4n) is 4.85. The smallest absolute Gasteiger partial charge is 0.332 e. The van der Waals surface area contributed by atoms with Gasteiger partial charge in [-0.05, 0) is 31.9 Å². The van der Waals surface area contributed by atoms with Gasteiger partial charge in [0.25, 0.3) is 5.56 Å². The number of aryl methyl sites for hydroxylation is 1. The number of amides is 1. The number of nitrogens with zero attached hydrogens (tertiary/aromatic N) is 7. The molecule has 0 spiro atoms. The first-order chi connectivity index (χ1) is 16.9. The van der Waals surface area contributed by atoms with E-state index >= 15 is 0 Å². The normalized spacial score (nSPS) is 17.6. The number of carbonyl (C=O) groups excluding carboxylic acids is 1. The van der Waals surface area contributed by atoms with E-state index in [1.165, 1.54) is 39.2 Å². The second kappa shape index (κ2) is 9.57. The summed E-state index contributed by atoms with van der Waals surface area (Å²) in [5, 5.41) is 8.04. The van der Waals surface area contributed by atoms with Crippen LogP contribution in [0.5, 0.6) is 0 Å². The van der Waals surface area contributed by atoms with Crippen molar-refractivity contribution >= 4 is 5.91 Å². The molecule has 184 valence electrons. The molecule has 1 aromatic carbocycles. The highest BCUT2D eigenvalue weighted by atomic mass is 16.5. The van der Waals surface area contributed by atoms with Crippen LogP contribution in [0.4, 0.5) is 0 Å². The zero-order valence-electron chi connectivity index (χ0n) is 20.0. The molecule has 3 aromatic rings. The van der Waals surface area contributed by atoms with E-state index in [1.807, 2.05) is 19.1 Å². The minimum atomic E-state index is -0.667. The van der Waals surface area contributed by atoms with Crippen molar-refractivity contribution in [3.63, 3.8) is 0 Å². The zero-order valence-corrected chi connectivity index (χ0v) is 20.0. The van der Waals surface area contributed by atoms with E-state index < -0.39 is 11.2 Å². The Morgan fingerprint density at radius 3 is 2.37 bits per heavy atom. The molecule has 5 rings (SSSR count). The standard InChI is InChI=1S/C24H29N7O4/c1-16-8-10-18(11-9-16)31-24(34)28(2)22(32)19(26-31)20-25-21(35-27-20)23(33)30-14-12-29(13-15-30)17-6-4-3-5-7-17/h8-11,17H,3-7,12-15H2,1-2H3. The minimum Gasteiger partial charge on any atom is -0.332 e. The van der Waals surface area contributed by atoms with E-state index in [-0.39, 0.29) is 23.3 Å². The van der Waals surface area contributed by atoms with Crippen LogP contribution in [0.15, 0.2) is 38.4 Å². The van der Waals surface area contributed by atoms with Gasteiger partial charge in [-0.1, -0.05) is 42.1 Å². The number of hydrogen-bond acceptors (Lipinski definition) is 8. The second-order valence-electron chi connectivity index (χ2n) is 9.29. The molecule has 11 heteroatoms. The van der Waals surface area contributed by atoms with Gasteiger partial charge in [-0.2, -0.15) is 14.8 Å². The molecule has 1 saturated carbocycles. The Morgan fingerprint density at radius 2 is 1.69 bits per heavy atom. The van der Waals surface area contributed by atoms with Crippen LogP contribution < -0.4 is 11.2 Å². The third kappa shape index (κ3) is 4.55. The van der Waals surface area contributed by atoms with Gasteiger partial charge >= 0.3 is 17.5 Å². The maximum Gasteiger partial charge on any atom is 0.351 e. The van der Waals surface area contributed by atoms with Crippen molar-refractivity contribution in [2.45, 2.75) is 45.1 Å². The summed E-state index contributed by atoms with van der Waals surface area (Å²) in [4.78, 5) is 46.8. The molecule has 2 fully saturated rings. The molecule has 11 nitrogen and oxygen atoms in total. The predicted molar refractivity (Wildman–Crippen MR) is 127 cm³/mol. The molecule has 1 saturated heterocycles. The Bertz CT molecular complexity index is 1330. The van der Waals surface area contributed by atoms with Crippen molar-refractivity contribution in [3.8, 4) is 17.2 Å². The van der Waals surface area contributed by atoms with Gasteiger partial charge in [0, 0.05) is 39.3 Å². The Balaban J connectivity index is 1.36. The molecule has 1 amide bonds. The number of aromatic nitrogens is 5. The van der Waals surface area contributed by atoms with Crippen LogP contribution in [-0.2, 0) is 7.05 Å². The quantitative estimate of drug-likeness (QED) is 0.551. The fraction of sp³-hybridized carbons (Fsp3) is 0.500. The number of carbonyl (C=O) groups is 1. The van der Waals surface area contributed by atoms with Crippen molar-refractivity contribution in [1.29, 1.82) is 0 Å². The average molecular weight is 480 g/mol. The SMILES string of the molecule is Cc1ccc(-n2nc(-c3noc(C(=O)N4CCN(C5CCCCC5)CC4)n3)c(=O)n(C)c2=O)cc1. The van der Waals surface area contributed by atoms with E-state index in [0.29, 0.717) is 24.8 Å². The van der Waals surface area contributed by atoms with Crippen LogP contribution in [0.25, 0.3) is 17.2 Å². The summed E-state index contributed by atoms with van der Waals surface area (Å²) in [5.74, 6) is -0.686. The fourth-order valence-corrected chi connectivity index (χ4v) is 4.85. The summed E-state index contributed by atoms with van der Waals surface area (Å²) in [7, 11) is 1.36. The van der Waals surface area contributed by atoms with Gasteiger partial charge in [0.15, 0.2) is 5.69 Å². The zero-order chi connectivity index (χ0) is 24.5. The van der Waals surface area contributed by atoms with Gasteiger partial charge in [0.1, 0.15) is 0 Å². The third-order valence-corrected chi connectivity index (χ3v) is 6.97. The van der Waals surface area contributed by atoms with E-state index in [4.69, 9.17) is 4.52 Å². The predicted octanol–water partition coefficient (Wildman–Crippen LogP) is 1.38. The lowest BCUT2D eigenvalue weighted by atomic mass is 9.94. The van der Waals surface area contributed by atoms with Crippen molar-refractivity contribution in [2.75, 3.05) is 26.2 Å². The molecule has 0 unspecified atom stereocenters. The van der Waals surface area contributed by atoms with E-state index in [0.717, 1.165) is 27.9 Å². The van der Waals surface area contributed by atoms with Gasteiger partial charge in [-0.15, -0.1) is 0 Å². The molecule has 0 atom stereocenters. The molecule has 0 radical (unpaired) electrons. The highest BCUT2D eigenvalue weighted by Crippen LogP contribution is 2.24. The summed E-state index contributed by atoms with van der Waals surface area (Å²) in [6.07, 6.45) is 6.33. The monoisotopic (exact) mass is 479 g/mol. The largest absolute Gasteiger partial charge is 0.351 e. The molecular formula is C24H29N7O4. The van der Waals surface area contributed by atoms with Crippen LogP contribution in [0, 0.1) is 6.92 Å². The molecular weight excluding hydrogens is 450 g/mol. The van der Waals surface area contributed by atoms with Crippen LogP contribution >= 0.6 is 0 Å². The summed E-state index contributed by atoms with van der Waals surface area (Å²) < 4.78 is 7.27. The first kappa shape index (κ1) is 23.2. The van der Waals surface area contributed by atoms with Crippen molar-refractivity contribution in [1.82, 2.24) is 34.3 Å². The van der Waals surface area contributed by atoms with Crippen molar-refractivity contribution < 1.29 is 9.32 Å². The molecule has 0 N–H and O–H groups in total. The Labute approximate surface area is 202 Å². The molecule has 2 aromatic heterocycles. The average Bonchev–Trinajstić information content (AvgIpc) is 3.38. The maximum absolute atomic E-state index is 13.0. The summed E-state index contributed by atoms with van der Waals surface area (Å²) in [6.45, 7) is 4.75. The van der Waals surface area contributed by atoms with Crippen molar-refractivity contribution in [2.24, 2.45) is 7.05 Å². The Kier molecular flexibility index (Phi) is 6.33. The van der Waals surface area contributed by atoms with Gasteiger partial charge < -0.3 is 9.42 Å². The maximum atomic E-state index is 13.0. The van der Waals surface area contributed by atoms with Gasteiger partial charge in [0.2, 0.25) is 5.82 Å². The highest BCUT2D eigenvalue weighted by Gasteiger charge is 2.30. The molecule has 35 heavy (non-hydrogen) atoms. The lowest BCUT2D eigenvalue weighted by molar-refractivity contribution is 0.0483. The Hall–Kier alpha value is -3.60. The van der Waals surface area contributed by atoms with E-state index in [9.17, 15) is 14.4 Å². The Morgan fingerprint density at radius 1 is 1.00 bits per heavy atom. The number of rotatable bonds is 4. The molecule has 0 bridgehead atoms. The van der Waals surface area contributed by atoms with E-state index in [2.05, 4.69) is 20.1 Å². The number of benzene rings is 1. The van der Waals surface area contributed by atoms with Gasteiger partial charge in [-0.25, -0.2) is 4.79 Å². The van der Waals surface area contributed by atoms with Gasteiger partial charge in [-0.3, -0.25) is 19.1 Å². The molecule has 1 aliphatic heterocycles. The van der Waals surface area contributed by atoms with Gasteiger partial charge in [0.05, 0.1) is 5.69 Å². The molecule has 3 heterocycles. The first-order valence-corrected chi connectivity index (χ1v) is 12.1. The molecule has 2 aliphatic rings. The van der Waals surface area contributed by atoms with Crippen molar-refractivity contribution in [3.05, 3.63) is 56.6 Å². The third-order valence-electron chi connectivity index (χ3n) is 6.97. The topological polar surface area (TPSA) is 119 Å². The number of hydrogen-bond donors (Lipinski definition) is 0. The summed E-state index contributed by atoms with van der Waals surface area (Å²) in [5.41, 5.74) is 0.0795. The molecule has 1 aliphatic carbocycles. The highest BCUT2D eigenvalue weighted by molar-refractivity contribution is 5.90. The number of piperazine rings is 1. The van der Waals surface area contributed by atoms with Crippen LogP contribution in [0.2, 0.25) is 0 Å². The van der Waals surface area contributed by atoms with Crippen LogP contribution in [-0.4, -0.2) is 72.4 Å². The lowest BCUT2D eigenvalue weighted by Crippen LogP contribution is -2.52. The summed E-state index contributed by atoms with van der Waals surface area (Å²) >= 11 is 0. The van der Waals surface area contributed by atoms with Crippen LogP contribution in [0.1, 0.15) is 48.4 Å². The summed E-state index contributed by atoms with van der Waals surface area (Å²) in [6, 6.07) is 7.76. The van der Waals surface area contributed by atoms with Crippen LogP contribution in [0.3, 0.4) is 0 Å². The lowest BCUT2D eigenvalue weighted by Gasteiger charge is -2.40. The first-order valence-electron chi connectivity index (χ1n) is 12.1. The second-order valence-corrected chi connectivity index (χ2v) is 9.29. The van der Waals surface area contributed by atoms with E-state index in [1.54, 1.807) is 17.0 Å².